The fourth-order valence-corrected chi connectivity index (χ4v) is 5.55. The van der Waals surface area contributed by atoms with Gasteiger partial charge in [0.2, 0.25) is 5.91 Å². The molecule has 3 aromatic carbocycles. The fourth-order valence-electron chi connectivity index (χ4n) is 4.12. The van der Waals surface area contributed by atoms with Crippen LogP contribution in [-0.2, 0) is 22.3 Å². The Balaban J connectivity index is 1.31. The molecule has 0 saturated heterocycles. The van der Waals surface area contributed by atoms with Crippen LogP contribution < -0.4 is 10.6 Å². The minimum atomic E-state index is -4.54. The Kier molecular flexibility index (Phi) is 8.72. The number of benzene rings is 3. The topological polar surface area (TPSA) is 93.2 Å². The lowest BCUT2D eigenvalue weighted by molar-refractivity contribution is -0.137. The van der Waals surface area contributed by atoms with Crippen LogP contribution in [0.15, 0.2) is 83.7 Å². The molecule has 0 fully saturated rings. The van der Waals surface area contributed by atoms with Gasteiger partial charge in [-0.15, -0.1) is 11.3 Å². The van der Waals surface area contributed by atoms with Crippen molar-refractivity contribution >= 4 is 55.5 Å². The second-order valence-corrected chi connectivity index (χ2v) is 10.8. The maximum atomic E-state index is 13.4. The molecule has 0 aliphatic heterocycles. The number of nitrogens with one attached hydrogen (secondary N) is 2. The first-order chi connectivity index (χ1) is 19.8. The molecule has 210 valence electrons. The number of carbonyl (C=O) groups excluding carboxylic acids is 2. The number of amides is 2. The molecule has 41 heavy (non-hydrogen) atoms. The first-order valence-corrected chi connectivity index (χ1v) is 14.2. The lowest BCUT2D eigenvalue weighted by atomic mass is 9.93. The average molecular weight is 597 g/mol. The molecule has 0 spiro atoms. The summed E-state index contributed by atoms with van der Waals surface area (Å²) in [5.74, 6) is -1.73. The van der Waals surface area contributed by atoms with Crippen molar-refractivity contribution in [1.29, 1.82) is 0 Å². The third-order valence-electron chi connectivity index (χ3n) is 6.14. The van der Waals surface area contributed by atoms with Crippen molar-refractivity contribution in [2.45, 2.75) is 25.1 Å². The van der Waals surface area contributed by atoms with E-state index >= 15 is 0 Å². The Morgan fingerprint density at radius 3 is 2.56 bits per heavy atom. The molecule has 0 bridgehead atoms. The van der Waals surface area contributed by atoms with Crippen LogP contribution in [-0.4, -0.2) is 28.4 Å². The molecule has 0 aliphatic rings. The number of thiazole rings is 2. The van der Waals surface area contributed by atoms with Crippen molar-refractivity contribution < 1.29 is 27.5 Å². The number of nitrogens with zero attached hydrogens (tertiary/aromatic N) is 2. The monoisotopic (exact) mass is 596 g/mol. The number of hydrogen-bond acceptors (Lipinski definition) is 7. The van der Waals surface area contributed by atoms with Crippen molar-refractivity contribution in [1.82, 2.24) is 9.97 Å². The predicted octanol–water partition coefficient (Wildman–Crippen LogP) is 7.35. The Hall–Kier alpha value is -4.13. The SMILES string of the molecule is O=C(Nc1nc2ccc(NC(=O)C(CCOCc3ccccc3)c3cccc(C(F)(F)F)c3)cc2s1)c1cscn1. The lowest BCUT2D eigenvalue weighted by Gasteiger charge is -2.19. The van der Waals surface area contributed by atoms with E-state index in [0.29, 0.717) is 27.6 Å². The summed E-state index contributed by atoms with van der Waals surface area (Å²) < 4.78 is 46.7. The van der Waals surface area contributed by atoms with Gasteiger partial charge in [0, 0.05) is 17.7 Å². The fraction of sp³-hybridized carbons (Fsp3) is 0.172. The summed E-state index contributed by atoms with van der Waals surface area (Å²) in [6.07, 6.45) is -4.36. The van der Waals surface area contributed by atoms with Gasteiger partial charge in [-0.1, -0.05) is 59.9 Å². The van der Waals surface area contributed by atoms with Gasteiger partial charge >= 0.3 is 6.18 Å². The molecule has 5 aromatic rings. The van der Waals surface area contributed by atoms with Gasteiger partial charge in [0.1, 0.15) is 5.69 Å². The van der Waals surface area contributed by atoms with E-state index in [1.165, 1.54) is 34.8 Å². The van der Waals surface area contributed by atoms with E-state index < -0.39 is 23.6 Å². The summed E-state index contributed by atoms with van der Waals surface area (Å²) >= 11 is 2.53. The number of rotatable bonds is 10. The van der Waals surface area contributed by atoms with Gasteiger partial charge < -0.3 is 10.1 Å². The number of anilines is 2. The summed E-state index contributed by atoms with van der Waals surface area (Å²) in [5, 5.41) is 7.54. The first kappa shape index (κ1) is 28.4. The van der Waals surface area contributed by atoms with Gasteiger partial charge in [-0.05, 0) is 41.8 Å². The van der Waals surface area contributed by atoms with Crippen molar-refractivity contribution in [3.8, 4) is 0 Å². The number of carbonyl (C=O) groups is 2. The predicted molar refractivity (Wildman–Crippen MR) is 153 cm³/mol. The first-order valence-electron chi connectivity index (χ1n) is 12.5. The van der Waals surface area contributed by atoms with E-state index in [1.54, 1.807) is 29.1 Å². The largest absolute Gasteiger partial charge is 0.416 e. The second kappa shape index (κ2) is 12.6. The molecule has 2 amide bonds. The Labute approximate surface area is 241 Å². The van der Waals surface area contributed by atoms with Crippen LogP contribution in [0.4, 0.5) is 24.0 Å². The van der Waals surface area contributed by atoms with Crippen LogP contribution >= 0.6 is 22.7 Å². The molecule has 7 nitrogen and oxygen atoms in total. The van der Waals surface area contributed by atoms with Crippen molar-refractivity contribution in [2.75, 3.05) is 17.2 Å². The number of fused-ring (bicyclic) bond motifs is 1. The molecule has 5 rings (SSSR count). The van der Waals surface area contributed by atoms with Gasteiger partial charge in [0.05, 0.1) is 33.8 Å². The third kappa shape index (κ3) is 7.34. The molecule has 0 saturated carbocycles. The van der Waals surface area contributed by atoms with E-state index in [9.17, 15) is 22.8 Å². The molecule has 12 heteroatoms. The third-order valence-corrected chi connectivity index (χ3v) is 7.66. The van der Waals surface area contributed by atoms with Crippen LogP contribution in [0.2, 0.25) is 0 Å². The minimum Gasteiger partial charge on any atom is -0.377 e. The zero-order valence-electron chi connectivity index (χ0n) is 21.4. The Morgan fingerprint density at radius 2 is 1.80 bits per heavy atom. The highest BCUT2D eigenvalue weighted by Crippen LogP contribution is 2.33. The van der Waals surface area contributed by atoms with Gasteiger partial charge in [-0.2, -0.15) is 13.2 Å². The zero-order chi connectivity index (χ0) is 28.8. The highest BCUT2D eigenvalue weighted by molar-refractivity contribution is 7.22. The second-order valence-electron chi connectivity index (χ2n) is 9.02. The molecule has 1 atom stereocenters. The minimum absolute atomic E-state index is 0.166. The van der Waals surface area contributed by atoms with Gasteiger partial charge in [-0.3, -0.25) is 14.9 Å². The standard InChI is InChI=1S/C29H23F3N4O3S2/c30-29(31,32)20-8-4-7-19(13-20)22(11-12-39-15-18-5-2-1-3-6-18)26(37)34-21-9-10-23-25(14-21)41-28(35-23)36-27(38)24-16-40-17-33-24/h1-10,13-14,16-17,22H,11-12,15H2,(H,34,37)(H,35,36,38). The summed E-state index contributed by atoms with van der Waals surface area (Å²) in [5.41, 5.74) is 3.28. The maximum absolute atomic E-state index is 13.4. The van der Waals surface area contributed by atoms with E-state index in [1.807, 2.05) is 30.3 Å². The zero-order valence-corrected chi connectivity index (χ0v) is 23.0. The number of hydrogen-bond donors (Lipinski definition) is 2. The quantitative estimate of drug-likeness (QED) is 0.165. The Bertz CT molecular complexity index is 1640. The molecule has 0 radical (unpaired) electrons. The number of alkyl halides is 3. The van der Waals surface area contributed by atoms with E-state index in [4.69, 9.17) is 4.74 Å². The summed E-state index contributed by atoms with van der Waals surface area (Å²) in [6, 6.07) is 19.3. The molecular weight excluding hydrogens is 573 g/mol. The van der Waals surface area contributed by atoms with Crippen LogP contribution in [0.3, 0.4) is 0 Å². The molecule has 1 unspecified atom stereocenters. The van der Waals surface area contributed by atoms with E-state index in [-0.39, 0.29) is 30.2 Å². The molecule has 2 heterocycles. The average Bonchev–Trinajstić information content (AvgIpc) is 3.63. The summed E-state index contributed by atoms with van der Waals surface area (Å²) in [6.45, 7) is 0.486. The molecule has 2 aromatic heterocycles. The smallest absolute Gasteiger partial charge is 0.377 e. The van der Waals surface area contributed by atoms with Crippen molar-refractivity contribution in [2.24, 2.45) is 0 Å². The maximum Gasteiger partial charge on any atom is 0.416 e. The van der Waals surface area contributed by atoms with E-state index in [2.05, 4.69) is 20.6 Å². The van der Waals surface area contributed by atoms with Crippen molar-refractivity contribution in [3.05, 3.63) is 106 Å². The van der Waals surface area contributed by atoms with Crippen LogP contribution in [0.5, 0.6) is 0 Å². The Morgan fingerprint density at radius 1 is 0.976 bits per heavy atom. The number of ether oxygens (including phenoxy) is 1. The highest BCUT2D eigenvalue weighted by Gasteiger charge is 2.32. The van der Waals surface area contributed by atoms with Gasteiger partial charge in [0.25, 0.3) is 5.91 Å². The van der Waals surface area contributed by atoms with Crippen LogP contribution in [0, 0.1) is 0 Å². The normalized spacial score (nSPS) is 12.3. The molecule has 2 N–H and O–H groups in total. The molecule has 0 aliphatic carbocycles. The van der Waals surface area contributed by atoms with Gasteiger partial charge in [0.15, 0.2) is 5.13 Å². The van der Waals surface area contributed by atoms with Crippen molar-refractivity contribution in [3.63, 3.8) is 0 Å². The molecular formula is C29H23F3N4O3S2. The van der Waals surface area contributed by atoms with Crippen LogP contribution in [0.1, 0.15) is 39.5 Å². The van der Waals surface area contributed by atoms with Crippen LogP contribution in [0.25, 0.3) is 10.2 Å². The number of aromatic nitrogens is 2. The lowest BCUT2D eigenvalue weighted by Crippen LogP contribution is -2.23. The summed E-state index contributed by atoms with van der Waals surface area (Å²) in [4.78, 5) is 34.1. The summed E-state index contributed by atoms with van der Waals surface area (Å²) in [7, 11) is 0. The van der Waals surface area contributed by atoms with Gasteiger partial charge in [-0.25, -0.2) is 9.97 Å². The van der Waals surface area contributed by atoms with E-state index in [0.717, 1.165) is 17.7 Å². The number of halogens is 3. The highest BCUT2D eigenvalue weighted by atomic mass is 32.1.